The lowest BCUT2D eigenvalue weighted by Gasteiger charge is -2.30. The number of benzene rings is 1. The molecule has 0 radical (unpaired) electrons. The van der Waals surface area contributed by atoms with E-state index in [9.17, 15) is 4.39 Å². The predicted octanol–water partition coefficient (Wildman–Crippen LogP) is 2.51. The number of hydrogen-bond donors (Lipinski definition) is 1. The molecule has 1 aromatic carbocycles. The molecule has 1 aliphatic heterocycles. The van der Waals surface area contributed by atoms with Crippen molar-refractivity contribution in [1.82, 2.24) is 4.90 Å². The largest absolute Gasteiger partial charge is 0.327 e. The Bertz CT molecular complexity index is 350. The molecule has 0 unspecified atom stereocenters. The highest BCUT2D eigenvalue weighted by Gasteiger charge is 2.16. The molecule has 4 heteroatoms. The molecule has 0 spiro atoms. The molecular formula is C12H16BrFN2. The summed E-state index contributed by atoms with van der Waals surface area (Å²) in [5.41, 5.74) is 6.91. The molecule has 1 aliphatic rings. The summed E-state index contributed by atoms with van der Waals surface area (Å²) in [6, 6.07) is 5.30. The normalized spacial score (nSPS) is 22.3. The average molecular weight is 287 g/mol. The Morgan fingerprint density at radius 2 is 2.25 bits per heavy atom. The Labute approximate surface area is 104 Å². The molecular weight excluding hydrogens is 271 g/mol. The van der Waals surface area contributed by atoms with Gasteiger partial charge in [-0.1, -0.05) is 15.9 Å². The van der Waals surface area contributed by atoms with Crippen molar-refractivity contribution >= 4 is 15.9 Å². The average Bonchev–Trinajstić information content (AvgIpc) is 2.15. The summed E-state index contributed by atoms with van der Waals surface area (Å²) in [6.07, 6.45) is 2.24. The van der Waals surface area contributed by atoms with E-state index < -0.39 is 0 Å². The maximum Gasteiger partial charge on any atom is 0.124 e. The van der Waals surface area contributed by atoms with Gasteiger partial charge in [0.15, 0.2) is 0 Å². The van der Waals surface area contributed by atoms with Crippen molar-refractivity contribution in [2.24, 2.45) is 5.73 Å². The molecule has 1 aromatic rings. The maximum absolute atomic E-state index is 13.2. The van der Waals surface area contributed by atoms with Crippen molar-refractivity contribution in [3.63, 3.8) is 0 Å². The van der Waals surface area contributed by atoms with Gasteiger partial charge in [0.25, 0.3) is 0 Å². The van der Waals surface area contributed by atoms with Gasteiger partial charge in [-0.15, -0.1) is 0 Å². The number of rotatable bonds is 2. The standard InChI is InChI=1S/C12H16BrFN2/c13-10-4-9(5-11(14)6-10)7-16-3-1-2-12(15)8-16/h4-6,12H,1-3,7-8,15H2/t12-/m1/s1. The first-order chi connectivity index (χ1) is 7.63. The molecule has 0 saturated carbocycles. The number of halogens is 2. The van der Waals surface area contributed by atoms with Gasteiger partial charge in [0.2, 0.25) is 0 Å². The molecule has 0 aromatic heterocycles. The first kappa shape index (κ1) is 12.0. The van der Waals surface area contributed by atoms with Gasteiger partial charge < -0.3 is 5.73 Å². The number of nitrogens with two attached hydrogens (primary N) is 1. The third-order valence-corrected chi connectivity index (χ3v) is 3.33. The summed E-state index contributed by atoms with van der Waals surface area (Å²) in [5.74, 6) is -0.189. The summed E-state index contributed by atoms with van der Waals surface area (Å²) in [6.45, 7) is 2.75. The van der Waals surface area contributed by atoms with Crippen LogP contribution < -0.4 is 5.73 Å². The second-order valence-electron chi connectivity index (χ2n) is 4.42. The van der Waals surface area contributed by atoms with E-state index in [2.05, 4.69) is 20.8 Å². The minimum Gasteiger partial charge on any atom is -0.327 e. The summed E-state index contributed by atoms with van der Waals surface area (Å²) >= 11 is 3.31. The Morgan fingerprint density at radius 1 is 1.44 bits per heavy atom. The van der Waals surface area contributed by atoms with Gasteiger partial charge in [-0.2, -0.15) is 0 Å². The molecule has 0 bridgehead atoms. The molecule has 2 N–H and O–H groups in total. The smallest absolute Gasteiger partial charge is 0.124 e. The minimum atomic E-state index is -0.189. The van der Waals surface area contributed by atoms with E-state index in [1.807, 2.05) is 6.07 Å². The van der Waals surface area contributed by atoms with Gasteiger partial charge in [0.1, 0.15) is 5.82 Å². The van der Waals surface area contributed by atoms with Gasteiger partial charge in [0, 0.05) is 23.6 Å². The van der Waals surface area contributed by atoms with Crippen LogP contribution in [0.5, 0.6) is 0 Å². The van der Waals surface area contributed by atoms with Crippen LogP contribution in [0.2, 0.25) is 0 Å². The van der Waals surface area contributed by atoms with Crippen LogP contribution in [0.15, 0.2) is 22.7 Å². The summed E-state index contributed by atoms with van der Waals surface area (Å²) < 4.78 is 14.0. The molecule has 16 heavy (non-hydrogen) atoms. The van der Waals surface area contributed by atoms with E-state index in [1.165, 1.54) is 6.07 Å². The summed E-state index contributed by atoms with van der Waals surface area (Å²) in [7, 11) is 0. The fourth-order valence-electron chi connectivity index (χ4n) is 2.20. The summed E-state index contributed by atoms with van der Waals surface area (Å²) in [4.78, 5) is 2.29. The fourth-order valence-corrected chi connectivity index (χ4v) is 2.71. The highest BCUT2D eigenvalue weighted by atomic mass is 79.9. The zero-order chi connectivity index (χ0) is 11.5. The van der Waals surface area contributed by atoms with Gasteiger partial charge in [0.05, 0.1) is 0 Å². The van der Waals surface area contributed by atoms with Crippen LogP contribution >= 0.6 is 15.9 Å². The molecule has 1 heterocycles. The second kappa shape index (κ2) is 5.25. The summed E-state index contributed by atoms with van der Waals surface area (Å²) in [5, 5.41) is 0. The molecule has 88 valence electrons. The van der Waals surface area contributed by atoms with Gasteiger partial charge in [-0.3, -0.25) is 4.90 Å². The van der Waals surface area contributed by atoms with Crippen molar-refractivity contribution in [1.29, 1.82) is 0 Å². The van der Waals surface area contributed by atoms with E-state index >= 15 is 0 Å². The van der Waals surface area contributed by atoms with Crippen LogP contribution in [0.4, 0.5) is 4.39 Å². The Kier molecular flexibility index (Phi) is 3.95. The zero-order valence-corrected chi connectivity index (χ0v) is 10.7. The fraction of sp³-hybridized carbons (Fsp3) is 0.500. The lowest BCUT2D eigenvalue weighted by molar-refractivity contribution is 0.201. The van der Waals surface area contributed by atoms with Gasteiger partial charge in [-0.05, 0) is 43.1 Å². The number of hydrogen-bond acceptors (Lipinski definition) is 2. The van der Waals surface area contributed by atoms with Crippen molar-refractivity contribution < 1.29 is 4.39 Å². The number of piperidine rings is 1. The Hall–Kier alpha value is -0.450. The minimum absolute atomic E-state index is 0.189. The van der Waals surface area contributed by atoms with Gasteiger partial charge >= 0.3 is 0 Å². The topological polar surface area (TPSA) is 29.3 Å². The van der Waals surface area contributed by atoms with E-state index in [-0.39, 0.29) is 11.9 Å². The molecule has 1 saturated heterocycles. The Balaban J connectivity index is 2.02. The van der Waals surface area contributed by atoms with E-state index in [0.29, 0.717) is 0 Å². The SMILES string of the molecule is N[C@@H]1CCCN(Cc2cc(F)cc(Br)c2)C1. The van der Waals surface area contributed by atoms with E-state index in [0.717, 1.165) is 42.5 Å². The van der Waals surface area contributed by atoms with Crippen LogP contribution in [-0.2, 0) is 6.54 Å². The lowest BCUT2D eigenvalue weighted by atomic mass is 10.1. The first-order valence-electron chi connectivity index (χ1n) is 5.56. The zero-order valence-electron chi connectivity index (χ0n) is 9.13. The van der Waals surface area contributed by atoms with Crippen LogP contribution in [-0.4, -0.2) is 24.0 Å². The van der Waals surface area contributed by atoms with Crippen molar-refractivity contribution in [2.75, 3.05) is 13.1 Å². The van der Waals surface area contributed by atoms with Crippen molar-refractivity contribution in [2.45, 2.75) is 25.4 Å². The number of likely N-dealkylation sites (tertiary alicyclic amines) is 1. The van der Waals surface area contributed by atoms with E-state index in [1.54, 1.807) is 6.07 Å². The maximum atomic E-state index is 13.2. The van der Waals surface area contributed by atoms with Crippen LogP contribution in [0.1, 0.15) is 18.4 Å². The molecule has 1 fully saturated rings. The highest BCUT2D eigenvalue weighted by molar-refractivity contribution is 9.10. The third-order valence-electron chi connectivity index (χ3n) is 2.87. The quantitative estimate of drug-likeness (QED) is 0.905. The predicted molar refractivity (Wildman–Crippen MR) is 66.6 cm³/mol. The van der Waals surface area contributed by atoms with Crippen molar-refractivity contribution in [3.8, 4) is 0 Å². The first-order valence-corrected chi connectivity index (χ1v) is 6.36. The molecule has 2 nitrogen and oxygen atoms in total. The van der Waals surface area contributed by atoms with Gasteiger partial charge in [-0.25, -0.2) is 4.39 Å². The molecule has 2 rings (SSSR count). The highest BCUT2D eigenvalue weighted by Crippen LogP contribution is 2.18. The molecule has 1 atom stereocenters. The van der Waals surface area contributed by atoms with Crippen LogP contribution in [0.3, 0.4) is 0 Å². The number of nitrogens with zero attached hydrogens (tertiary/aromatic N) is 1. The molecule has 0 aliphatic carbocycles. The lowest BCUT2D eigenvalue weighted by Crippen LogP contribution is -2.42. The Morgan fingerprint density at radius 3 is 2.94 bits per heavy atom. The second-order valence-corrected chi connectivity index (χ2v) is 5.33. The monoisotopic (exact) mass is 286 g/mol. The molecule has 0 amide bonds. The third kappa shape index (κ3) is 3.27. The van der Waals surface area contributed by atoms with Crippen LogP contribution in [0, 0.1) is 5.82 Å². The van der Waals surface area contributed by atoms with Crippen LogP contribution in [0.25, 0.3) is 0 Å². The van der Waals surface area contributed by atoms with Crippen molar-refractivity contribution in [3.05, 3.63) is 34.1 Å². The van der Waals surface area contributed by atoms with E-state index in [4.69, 9.17) is 5.73 Å².